The van der Waals surface area contributed by atoms with Gasteiger partial charge < -0.3 is 19.7 Å². The smallest absolute Gasteiger partial charge is 0.306 e. The van der Waals surface area contributed by atoms with E-state index in [1.165, 1.54) is 6.92 Å². The number of aliphatic hydroxyl groups is 2. The van der Waals surface area contributed by atoms with Crippen LogP contribution in [0.5, 0.6) is 0 Å². The summed E-state index contributed by atoms with van der Waals surface area (Å²) in [5.41, 5.74) is -0.527. The molecule has 3 aliphatic rings. The highest BCUT2D eigenvalue weighted by molar-refractivity contribution is 5.73. The first-order valence-corrected chi connectivity index (χ1v) is 7.66. The predicted octanol–water partition coefficient (Wildman–Crippen LogP) is 0.558. The molecule has 7 atom stereocenters. The van der Waals surface area contributed by atoms with Gasteiger partial charge in [-0.15, -0.1) is 0 Å². The molecule has 0 aromatic rings. The number of carbonyl (C=O) groups excluding carboxylic acids is 2. The lowest BCUT2D eigenvalue weighted by atomic mass is 9.78. The first-order valence-electron chi connectivity index (χ1n) is 7.66. The lowest BCUT2D eigenvalue weighted by Gasteiger charge is -2.33. The molecular formula is C16H22O6. The summed E-state index contributed by atoms with van der Waals surface area (Å²) in [6, 6.07) is 0. The number of esters is 2. The molecule has 0 spiro atoms. The summed E-state index contributed by atoms with van der Waals surface area (Å²) in [5.74, 6) is -1.65. The molecule has 0 unspecified atom stereocenters. The number of ether oxygens (including phenoxy) is 2. The molecule has 2 N–H and O–H groups in total. The van der Waals surface area contributed by atoms with Gasteiger partial charge in [-0.3, -0.25) is 9.59 Å². The average molecular weight is 310 g/mol. The van der Waals surface area contributed by atoms with Crippen molar-refractivity contribution in [1.82, 2.24) is 0 Å². The summed E-state index contributed by atoms with van der Waals surface area (Å²) < 4.78 is 10.8. The summed E-state index contributed by atoms with van der Waals surface area (Å²) in [7, 11) is 0. The van der Waals surface area contributed by atoms with E-state index >= 15 is 0 Å². The highest BCUT2D eigenvalue weighted by atomic mass is 16.6. The van der Waals surface area contributed by atoms with Gasteiger partial charge in [0.1, 0.15) is 12.2 Å². The Morgan fingerprint density at radius 3 is 2.82 bits per heavy atom. The molecule has 6 nitrogen and oxygen atoms in total. The molecule has 2 saturated carbocycles. The van der Waals surface area contributed by atoms with Crippen LogP contribution in [-0.2, 0) is 19.1 Å². The molecule has 22 heavy (non-hydrogen) atoms. The zero-order valence-electron chi connectivity index (χ0n) is 12.8. The van der Waals surface area contributed by atoms with Gasteiger partial charge >= 0.3 is 11.9 Å². The minimum absolute atomic E-state index is 0.158. The van der Waals surface area contributed by atoms with Gasteiger partial charge in [0.15, 0.2) is 0 Å². The number of hydrogen-bond acceptors (Lipinski definition) is 6. The Kier molecular flexibility index (Phi) is 3.57. The Hall–Kier alpha value is -1.40. The molecule has 1 heterocycles. The van der Waals surface area contributed by atoms with E-state index in [1.54, 1.807) is 6.92 Å². The topological polar surface area (TPSA) is 93.1 Å². The summed E-state index contributed by atoms with van der Waals surface area (Å²) in [5, 5.41) is 21.0. The minimum atomic E-state index is -1.12. The van der Waals surface area contributed by atoms with Crippen LogP contribution in [0.1, 0.15) is 33.1 Å². The first-order chi connectivity index (χ1) is 10.2. The molecule has 0 radical (unpaired) electrons. The van der Waals surface area contributed by atoms with Crippen LogP contribution in [0.25, 0.3) is 0 Å². The van der Waals surface area contributed by atoms with Crippen molar-refractivity contribution in [2.24, 2.45) is 17.8 Å². The van der Waals surface area contributed by atoms with Crippen LogP contribution in [0, 0.1) is 17.8 Å². The van der Waals surface area contributed by atoms with Gasteiger partial charge in [-0.05, 0) is 18.9 Å². The molecule has 1 saturated heterocycles. The Balaban J connectivity index is 2.00. The number of carbonyl (C=O) groups is 2. The second-order valence-electron chi connectivity index (χ2n) is 6.99. The second-order valence-corrected chi connectivity index (χ2v) is 6.99. The zero-order chi connectivity index (χ0) is 16.2. The molecule has 0 aromatic heterocycles. The largest absolute Gasteiger partial charge is 0.462 e. The Bertz CT molecular complexity index is 525. The lowest BCUT2D eigenvalue weighted by Crippen LogP contribution is -2.40. The van der Waals surface area contributed by atoms with E-state index in [4.69, 9.17) is 9.47 Å². The van der Waals surface area contributed by atoms with Crippen molar-refractivity contribution >= 4 is 11.9 Å². The molecule has 2 aliphatic carbocycles. The van der Waals surface area contributed by atoms with Gasteiger partial charge in [0.2, 0.25) is 0 Å². The van der Waals surface area contributed by atoms with E-state index in [2.05, 4.69) is 6.58 Å². The van der Waals surface area contributed by atoms with Crippen LogP contribution in [-0.4, -0.2) is 46.1 Å². The summed E-state index contributed by atoms with van der Waals surface area (Å²) in [6.07, 6.45) is -1.01. The van der Waals surface area contributed by atoms with Crippen LogP contribution in [0.15, 0.2) is 12.2 Å². The van der Waals surface area contributed by atoms with E-state index in [0.717, 1.165) is 0 Å². The van der Waals surface area contributed by atoms with Gasteiger partial charge in [0.05, 0.1) is 18.1 Å². The third kappa shape index (κ3) is 2.34. The second kappa shape index (κ2) is 5.06. The van der Waals surface area contributed by atoms with Crippen molar-refractivity contribution in [2.45, 2.75) is 57.0 Å². The zero-order valence-corrected chi connectivity index (χ0v) is 12.8. The van der Waals surface area contributed by atoms with Crippen LogP contribution in [0.3, 0.4) is 0 Å². The number of hydrogen-bond donors (Lipinski definition) is 2. The maximum atomic E-state index is 11.8. The molecule has 3 fully saturated rings. The molecule has 1 aliphatic heterocycles. The van der Waals surface area contributed by atoms with Crippen LogP contribution in [0.4, 0.5) is 0 Å². The van der Waals surface area contributed by atoms with Gasteiger partial charge in [0, 0.05) is 31.1 Å². The molecule has 0 amide bonds. The predicted molar refractivity (Wildman–Crippen MR) is 75.5 cm³/mol. The maximum absolute atomic E-state index is 11.8. The summed E-state index contributed by atoms with van der Waals surface area (Å²) in [4.78, 5) is 23.2. The Morgan fingerprint density at radius 1 is 1.50 bits per heavy atom. The lowest BCUT2D eigenvalue weighted by molar-refractivity contribution is -0.153. The van der Waals surface area contributed by atoms with E-state index in [0.29, 0.717) is 12.0 Å². The third-order valence-corrected chi connectivity index (χ3v) is 5.42. The summed E-state index contributed by atoms with van der Waals surface area (Å²) >= 11 is 0. The van der Waals surface area contributed by atoms with Gasteiger partial charge in [-0.1, -0.05) is 6.58 Å². The fourth-order valence-corrected chi connectivity index (χ4v) is 4.43. The van der Waals surface area contributed by atoms with Crippen molar-refractivity contribution < 1.29 is 29.3 Å². The van der Waals surface area contributed by atoms with Crippen LogP contribution >= 0.6 is 0 Å². The fraction of sp³-hybridized carbons (Fsp3) is 0.750. The number of fused-ring (bicyclic) bond motifs is 3. The number of aliphatic hydroxyl groups excluding tert-OH is 1. The molecular weight excluding hydrogens is 288 g/mol. The monoisotopic (exact) mass is 310 g/mol. The van der Waals surface area contributed by atoms with Gasteiger partial charge in [0.25, 0.3) is 0 Å². The van der Waals surface area contributed by atoms with E-state index in [9.17, 15) is 19.8 Å². The maximum Gasteiger partial charge on any atom is 0.306 e. The van der Waals surface area contributed by atoms with Crippen molar-refractivity contribution in [1.29, 1.82) is 0 Å². The Morgan fingerprint density at radius 2 is 2.18 bits per heavy atom. The average Bonchev–Trinajstić information content (AvgIpc) is 2.88. The quantitative estimate of drug-likeness (QED) is 0.543. The van der Waals surface area contributed by atoms with Crippen molar-refractivity contribution in [2.75, 3.05) is 0 Å². The Labute approximate surface area is 129 Å². The standard InChI is InChI=1S/C16H22O6/c1-7-11(18)5-10-14(7)15-9(4-13(19)22-15)12(21-8(2)17)6-16(10,3)20/h9-12,14-15,18,20H,1,4-6H2,2-3H3/t9-,10-,11-,12+,14+,15+,16-/m1/s1. The molecule has 6 heteroatoms. The van der Waals surface area contributed by atoms with E-state index < -0.39 is 29.9 Å². The fourth-order valence-electron chi connectivity index (χ4n) is 4.43. The third-order valence-electron chi connectivity index (χ3n) is 5.42. The SMILES string of the molecule is C=C1[C@@H]2[C@H]3OC(=O)C[C@@H]3[C@@H](OC(C)=O)C[C@@](C)(O)[C@@H]2C[C@H]1O. The molecule has 0 aromatic carbocycles. The van der Waals surface area contributed by atoms with Gasteiger partial charge in [-0.2, -0.15) is 0 Å². The highest BCUT2D eigenvalue weighted by Crippen LogP contribution is 2.53. The van der Waals surface area contributed by atoms with E-state index in [1.807, 2.05) is 0 Å². The highest BCUT2D eigenvalue weighted by Gasteiger charge is 2.59. The van der Waals surface area contributed by atoms with Crippen LogP contribution < -0.4 is 0 Å². The van der Waals surface area contributed by atoms with E-state index in [-0.39, 0.29) is 36.6 Å². The minimum Gasteiger partial charge on any atom is -0.462 e. The molecule has 122 valence electrons. The molecule has 3 rings (SSSR count). The van der Waals surface area contributed by atoms with Crippen molar-refractivity contribution in [3.05, 3.63) is 12.2 Å². The van der Waals surface area contributed by atoms with Crippen molar-refractivity contribution in [3.8, 4) is 0 Å². The van der Waals surface area contributed by atoms with Gasteiger partial charge in [-0.25, -0.2) is 0 Å². The van der Waals surface area contributed by atoms with Crippen LogP contribution in [0.2, 0.25) is 0 Å². The summed E-state index contributed by atoms with van der Waals surface area (Å²) in [6.45, 7) is 6.94. The normalized spacial score (nSPS) is 47.5. The molecule has 0 bridgehead atoms. The number of rotatable bonds is 1. The van der Waals surface area contributed by atoms with Crippen molar-refractivity contribution in [3.63, 3.8) is 0 Å². The first kappa shape index (κ1) is 15.5.